The van der Waals surface area contributed by atoms with Crippen molar-refractivity contribution in [1.29, 1.82) is 5.41 Å². The Kier molecular flexibility index (Phi) is 3.41. The van der Waals surface area contributed by atoms with Crippen LogP contribution in [0.25, 0.3) is 0 Å². The number of nitrogens with zero attached hydrogens (tertiary/aromatic N) is 1. The Labute approximate surface area is 137 Å². The van der Waals surface area contributed by atoms with Gasteiger partial charge in [0.15, 0.2) is 9.84 Å². The molecule has 0 bridgehead atoms. The van der Waals surface area contributed by atoms with E-state index in [9.17, 15) is 12.8 Å². The van der Waals surface area contributed by atoms with Crippen LogP contribution in [0.3, 0.4) is 0 Å². The summed E-state index contributed by atoms with van der Waals surface area (Å²) < 4.78 is 39.2. The predicted molar refractivity (Wildman–Crippen MR) is 85.0 cm³/mol. The number of pyridine rings is 1. The normalized spacial score (nSPS) is 34.3. The van der Waals surface area contributed by atoms with E-state index in [2.05, 4.69) is 26.2 Å². The molecular weight excluding hydrogens is 373 g/mol. The van der Waals surface area contributed by atoms with Crippen LogP contribution in [0, 0.1) is 17.3 Å². The first-order valence-corrected chi connectivity index (χ1v) is 9.46. The van der Waals surface area contributed by atoms with Crippen molar-refractivity contribution in [3.05, 3.63) is 28.2 Å². The molecule has 1 aliphatic heterocycles. The van der Waals surface area contributed by atoms with Crippen molar-refractivity contribution in [2.75, 3.05) is 5.75 Å². The van der Waals surface area contributed by atoms with Crippen LogP contribution in [0.5, 0.6) is 0 Å². The smallest absolute Gasteiger partial charge is 0.218 e. The minimum Gasteiger partial charge on any atom is -0.362 e. The number of sulfone groups is 1. The SMILES string of the molecule is C[C@@]1(c2cc(Br)cnc2F)CS(=O)(=O)[C@@](C)(C2CC2)C(=N)N1. The summed E-state index contributed by atoms with van der Waals surface area (Å²) in [6.45, 7) is 3.20. The number of hydrogen-bond acceptors (Lipinski definition) is 4. The van der Waals surface area contributed by atoms with Crippen LogP contribution in [0.2, 0.25) is 0 Å². The van der Waals surface area contributed by atoms with E-state index in [1.54, 1.807) is 13.8 Å². The van der Waals surface area contributed by atoms with Gasteiger partial charge in [-0.15, -0.1) is 0 Å². The van der Waals surface area contributed by atoms with Crippen molar-refractivity contribution in [2.45, 2.75) is 37.0 Å². The Bertz CT molecular complexity index is 765. The molecule has 1 saturated heterocycles. The van der Waals surface area contributed by atoms with Crippen LogP contribution >= 0.6 is 15.9 Å². The van der Waals surface area contributed by atoms with Crippen molar-refractivity contribution in [3.63, 3.8) is 0 Å². The van der Waals surface area contributed by atoms with Gasteiger partial charge in [0.1, 0.15) is 10.6 Å². The van der Waals surface area contributed by atoms with Crippen molar-refractivity contribution >= 4 is 31.6 Å². The average molecular weight is 390 g/mol. The predicted octanol–water partition coefficient (Wildman–Crippen LogP) is 2.36. The molecule has 1 aliphatic carbocycles. The summed E-state index contributed by atoms with van der Waals surface area (Å²) in [5.41, 5.74) is -1.06. The Morgan fingerprint density at radius 3 is 2.64 bits per heavy atom. The molecule has 3 rings (SSSR count). The van der Waals surface area contributed by atoms with Crippen molar-refractivity contribution in [1.82, 2.24) is 10.3 Å². The quantitative estimate of drug-likeness (QED) is 0.760. The van der Waals surface area contributed by atoms with Crippen LogP contribution < -0.4 is 5.32 Å². The third kappa shape index (κ3) is 2.19. The Morgan fingerprint density at radius 2 is 2.09 bits per heavy atom. The molecule has 1 saturated carbocycles. The number of hydrogen-bond donors (Lipinski definition) is 2. The van der Waals surface area contributed by atoms with Crippen LogP contribution in [0.4, 0.5) is 4.39 Å². The van der Waals surface area contributed by atoms with Gasteiger partial charge in [-0.1, -0.05) is 0 Å². The molecule has 0 unspecified atom stereocenters. The molecule has 2 N–H and O–H groups in total. The monoisotopic (exact) mass is 389 g/mol. The molecular formula is C14H17BrFN3O2S. The van der Waals surface area contributed by atoms with Crippen molar-refractivity contribution in [2.24, 2.45) is 5.92 Å². The Balaban J connectivity index is 2.08. The lowest BCUT2D eigenvalue weighted by Gasteiger charge is -2.44. The molecule has 0 aromatic carbocycles. The van der Waals surface area contributed by atoms with Gasteiger partial charge in [-0.25, -0.2) is 13.4 Å². The second-order valence-electron chi connectivity index (χ2n) is 6.46. The molecule has 2 aliphatic rings. The molecule has 0 spiro atoms. The molecule has 2 fully saturated rings. The highest BCUT2D eigenvalue weighted by atomic mass is 79.9. The highest BCUT2D eigenvalue weighted by molar-refractivity contribution is 9.10. The number of nitrogens with one attached hydrogen (secondary N) is 2. The van der Waals surface area contributed by atoms with Crippen molar-refractivity contribution < 1.29 is 12.8 Å². The second kappa shape index (κ2) is 4.74. The van der Waals surface area contributed by atoms with E-state index in [-0.39, 0.29) is 23.1 Å². The minimum atomic E-state index is -3.59. The van der Waals surface area contributed by atoms with Gasteiger partial charge in [0.05, 0.1) is 11.3 Å². The molecule has 5 nitrogen and oxygen atoms in total. The molecule has 1 aromatic rings. The van der Waals surface area contributed by atoms with Gasteiger partial charge in [0.25, 0.3) is 0 Å². The fourth-order valence-corrected chi connectivity index (χ4v) is 5.89. The first kappa shape index (κ1) is 15.9. The summed E-state index contributed by atoms with van der Waals surface area (Å²) in [7, 11) is -3.59. The van der Waals surface area contributed by atoms with E-state index < -0.39 is 26.1 Å². The first-order chi connectivity index (χ1) is 10.1. The molecule has 0 radical (unpaired) electrons. The number of halogens is 2. The van der Waals surface area contributed by atoms with Gasteiger partial charge >= 0.3 is 0 Å². The summed E-state index contributed by atoms with van der Waals surface area (Å²) in [4.78, 5) is 3.64. The standard InChI is InChI=1S/C14H17BrFN3O2S/c1-13(10-5-9(15)6-18-11(10)16)7-22(20,21)14(2,8-3-4-8)12(17)19-13/h5-6,8H,3-4,7H2,1-2H3,(H2,17,19)/t13-,14-/m0/s1. The molecule has 2 atom stereocenters. The van der Waals surface area contributed by atoms with Gasteiger partial charge in [-0.05, 0) is 54.6 Å². The van der Waals surface area contributed by atoms with Crippen LogP contribution in [0.15, 0.2) is 16.7 Å². The summed E-state index contributed by atoms with van der Waals surface area (Å²) in [6, 6.07) is 1.51. The highest BCUT2D eigenvalue weighted by Gasteiger charge is 2.60. The maximum absolute atomic E-state index is 14.1. The van der Waals surface area contributed by atoms with E-state index in [4.69, 9.17) is 5.41 Å². The third-order valence-corrected chi connectivity index (χ3v) is 8.00. The summed E-state index contributed by atoms with van der Waals surface area (Å²) >= 11 is 3.23. The lowest BCUT2D eigenvalue weighted by atomic mass is 9.92. The van der Waals surface area contributed by atoms with E-state index in [0.29, 0.717) is 4.47 Å². The first-order valence-electron chi connectivity index (χ1n) is 7.01. The summed E-state index contributed by atoms with van der Waals surface area (Å²) in [6.07, 6.45) is 2.94. The van der Waals surface area contributed by atoms with E-state index >= 15 is 0 Å². The number of amidine groups is 1. The van der Waals surface area contributed by atoms with Crippen LogP contribution in [-0.4, -0.2) is 29.7 Å². The zero-order chi connectivity index (χ0) is 16.3. The third-order valence-electron chi connectivity index (χ3n) is 4.78. The van der Waals surface area contributed by atoms with Gasteiger partial charge in [0.2, 0.25) is 5.95 Å². The molecule has 8 heteroatoms. The zero-order valence-corrected chi connectivity index (χ0v) is 14.7. The lowest BCUT2D eigenvalue weighted by Crippen LogP contribution is -2.66. The maximum Gasteiger partial charge on any atom is 0.218 e. The lowest BCUT2D eigenvalue weighted by molar-refractivity contribution is 0.404. The molecule has 2 heterocycles. The Hall–Kier alpha value is -1.02. The fraction of sp³-hybridized carbons (Fsp3) is 0.571. The molecule has 22 heavy (non-hydrogen) atoms. The zero-order valence-electron chi connectivity index (χ0n) is 12.3. The second-order valence-corrected chi connectivity index (χ2v) is 9.75. The average Bonchev–Trinajstić information content (AvgIpc) is 3.22. The van der Waals surface area contributed by atoms with Gasteiger partial charge in [-0.3, -0.25) is 5.41 Å². The molecule has 120 valence electrons. The minimum absolute atomic E-state index is 0.0208. The van der Waals surface area contributed by atoms with Gasteiger partial charge in [0, 0.05) is 16.2 Å². The highest BCUT2D eigenvalue weighted by Crippen LogP contribution is 2.48. The van der Waals surface area contributed by atoms with E-state index in [0.717, 1.165) is 12.8 Å². The number of aromatic nitrogens is 1. The van der Waals surface area contributed by atoms with Gasteiger partial charge < -0.3 is 5.32 Å². The topological polar surface area (TPSA) is 82.9 Å². The number of rotatable bonds is 2. The molecule has 0 amide bonds. The van der Waals surface area contributed by atoms with E-state index in [1.807, 2.05) is 0 Å². The van der Waals surface area contributed by atoms with Gasteiger partial charge in [-0.2, -0.15) is 4.39 Å². The van der Waals surface area contributed by atoms with Crippen LogP contribution in [0.1, 0.15) is 32.3 Å². The largest absolute Gasteiger partial charge is 0.362 e. The fourth-order valence-electron chi connectivity index (χ4n) is 3.17. The molecule has 1 aromatic heterocycles. The Morgan fingerprint density at radius 1 is 1.45 bits per heavy atom. The van der Waals surface area contributed by atoms with E-state index in [1.165, 1.54) is 12.3 Å². The maximum atomic E-state index is 14.1. The van der Waals surface area contributed by atoms with Crippen molar-refractivity contribution in [3.8, 4) is 0 Å². The summed E-state index contributed by atoms with van der Waals surface area (Å²) in [5, 5.41) is 11.2. The van der Waals surface area contributed by atoms with Crippen LogP contribution in [-0.2, 0) is 15.4 Å². The summed E-state index contributed by atoms with van der Waals surface area (Å²) in [5.74, 6) is -1.06.